The summed E-state index contributed by atoms with van der Waals surface area (Å²) < 4.78 is 58.3. The molecule has 0 radical (unpaired) electrons. The van der Waals surface area contributed by atoms with Crippen molar-refractivity contribution in [2.45, 2.75) is 6.92 Å². The predicted octanol–water partition coefficient (Wildman–Crippen LogP) is 4.35. The van der Waals surface area contributed by atoms with Crippen molar-refractivity contribution in [1.82, 2.24) is 4.98 Å². The average Bonchev–Trinajstić information content (AvgIpc) is 2.44. The molecule has 112 valence electrons. The largest absolute Gasteiger partial charge is 0.495 e. The number of aryl methyl sites for hydroxylation is 1. The molecule has 0 amide bonds. The van der Waals surface area contributed by atoms with Crippen LogP contribution in [0.2, 0.25) is 5.02 Å². The Morgan fingerprint density at radius 3 is 2.19 bits per heavy atom. The average molecular weight is 321 g/mol. The zero-order chi connectivity index (χ0) is 15.7. The molecule has 2 rings (SSSR count). The molecule has 21 heavy (non-hydrogen) atoms. The maximum Gasteiger partial charge on any atom is 0.253 e. The van der Waals surface area contributed by atoms with Gasteiger partial charge in [-0.25, -0.2) is 0 Å². The molecular weight excluding hydrogens is 312 g/mol. The van der Waals surface area contributed by atoms with Crippen molar-refractivity contribution in [3.63, 3.8) is 0 Å². The van der Waals surface area contributed by atoms with Crippen LogP contribution in [0.3, 0.4) is 0 Å². The SMILES string of the molecule is COc1cc(Cl)c(C)cc1Nc1c(F)c(F)nc(F)c1F. The lowest BCUT2D eigenvalue weighted by atomic mass is 10.2. The molecule has 0 atom stereocenters. The Kier molecular flexibility index (Phi) is 4.22. The van der Waals surface area contributed by atoms with E-state index in [1.807, 2.05) is 0 Å². The summed E-state index contributed by atoms with van der Waals surface area (Å²) in [6, 6.07) is 2.83. The fourth-order valence-corrected chi connectivity index (χ4v) is 1.81. The maximum absolute atomic E-state index is 13.6. The number of pyridine rings is 1. The lowest BCUT2D eigenvalue weighted by Crippen LogP contribution is -2.07. The fraction of sp³-hybridized carbons (Fsp3) is 0.154. The van der Waals surface area contributed by atoms with Gasteiger partial charge in [-0.1, -0.05) is 11.6 Å². The summed E-state index contributed by atoms with van der Waals surface area (Å²) in [4.78, 5) is 2.47. The van der Waals surface area contributed by atoms with E-state index in [1.54, 1.807) is 6.92 Å². The van der Waals surface area contributed by atoms with E-state index in [-0.39, 0.29) is 11.4 Å². The second-order valence-electron chi connectivity index (χ2n) is 4.12. The van der Waals surface area contributed by atoms with Gasteiger partial charge in [-0.05, 0) is 18.6 Å². The minimum atomic E-state index is -1.75. The Bertz CT molecular complexity index is 683. The first kappa shape index (κ1) is 15.4. The van der Waals surface area contributed by atoms with Crippen LogP contribution in [0.1, 0.15) is 5.56 Å². The van der Waals surface area contributed by atoms with Crippen molar-refractivity contribution >= 4 is 23.0 Å². The van der Waals surface area contributed by atoms with Gasteiger partial charge in [0.05, 0.1) is 12.8 Å². The highest BCUT2D eigenvalue weighted by molar-refractivity contribution is 6.31. The number of benzene rings is 1. The number of hydrogen-bond donors (Lipinski definition) is 1. The van der Waals surface area contributed by atoms with Crippen LogP contribution in [-0.2, 0) is 0 Å². The van der Waals surface area contributed by atoms with E-state index in [0.717, 1.165) is 0 Å². The zero-order valence-electron chi connectivity index (χ0n) is 10.9. The number of ether oxygens (including phenoxy) is 1. The Morgan fingerprint density at radius 1 is 1.10 bits per heavy atom. The number of anilines is 2. The summed E-state index contributed by atoms with van der Waals surface area (Å²) in [7, 11) is 1.31. The monoisotopic (exact) mass is 320 g/mol. The van der Waals surface area contributed by atoms with Crippen molar-refractivity contribution in [2.24, 2.45) is 0 Å². The molecule has 1 aromatic carbocycles. The first-order valence-corrected chi connectivity index (χ1v) is 6.04. The Balaban J connectivity index is 2.55. The van der Waals surface area contributed by atoms with Gasteiger partial charge in [0.25, 0.3) is 11.9 Å². The van der Waals surface area contributed by atoms with E-state index in [1.165, 1.54) is 19.2 Å². The topological polar surface area (TPSA) is 34.1 Å². The predicted molar refractivity (Wildman–Crippen MR) is 70.1 cm³/mol. The molecule has 1 heterocycles. The number of nitrogens with one attached hydrogen (secondary N) is 1. The Hall–Kier alpha value is -2.02. The molecule has 3 nitrogen and oxygen atoms in total. The molecule has 0 saturated heterocycles. The first-order chi connectivity index (χ1) is 9.85. The summed E-state index contributed by atoms with van der Waals surface area (Å²) >= 11 is 5.89. The quantitative estimate of drug-likeness (QED) is 0.674. The smallest absolute Gasteiger partial charge is 0.253 e. The molecule has 2 aromatic rings. The van der Waals surface area contributed by atoms with Crippen LogP contribution in [-0.4, -0.2) is 12.1 Å². The van der Waals surface area contributed by atoms with E-state index in [0.29, 0.717) is 10.6 Å². The maximum atomic E-state index is 13.6. The third kappa shape index (κ3) is 2.87. The van der Waals surface area contributed by atoms with E-state index < -0.39 is 29.2 Å². The second kappa shape index (κ2) is 5.77. The van der Waals surface area contributed by atoms with Crippen molar-refractivity contribution < 1.29 is 22.3 Å². The van der Waals surface area contributed by atoms with E-state index in [9.17, 15) is 17.6 Å². The normalized spacial score (nSPS) is 10.6. The molecular formula is C13H9ClF4N2O. The fourth-order valence-electron chi connectivity index (χ4n) is 1.66. The van der Waals surface area contributed by atoms with E-state index >= 15 is 0 Å². The molecule has 0 saturated carbocycles. The molecule has 8 heteroatoms. The van der Waals surface area contributed by atoms with Gasteiger partial charge in [-0.2, -0.15) is 22.5 Å². The van der Waals surface area contributed by atoms with Gasteiger partial charge >= 0.3 is 0 Å². The van der Waals surface area contributed by atoms with Gasteiger partial charge in [0.2, 0.25) is 11.6 Å². The number of aromatic nitrogens is 1. The van der Waals surface area contributed by atoms with Crippen LogP contribution in [0.15, 0.2) is 12.1 Å². The summed E-state index contributed by atoms with van der Waals surface area (Å²) in [5.74, 6) is -6.61. The summed E-state index contributed by atoms with van der Waals surface area (Å²) in [6.45, 7) is 1.65. The van der Waals surface area contributed by atoms with Crippen molar-refractivity contribution in [3.05, 3.63) is 46.2 Å². The number of methoxy groups -OCH3 is 1. The van der Waals surface area contributed by atoms with Crippen LogP contribution in [0.5, 0.6) is 5.75 Å². The van der Waals surface area contributed by atoms with Crippen LogP contribution in [0.4, 0.5) is 28.9 Å². The molecule has 0 aliphatic heterocycles. The van der Waals surface area contributed by atoms with Crippen molar-refractivity contribution in [2.75, 3.05) is 12.4 Å². The molecule has 0 unspecified atom stereocenters. The highest BCUT2D eigenvalue weighted by atomic mass is 35.5. The highest BCUT2D eigenvalue weighted by Crippen LogP contribution is 2.35. The van der Waals surface area contributed by atoms with Crippen LogP contribution >= 0.6 is 11.6 Å². The number of rotatable bonds is 3. The van der Waals surface area contributed by atoms with Gasteiger partial charge in [0.1, 0.15) is 11.4 Å². The van der Waals surface area contributed by atoms with E-state index in [4.69, 9.17) is 16.3 Å². The van der Waals surface area contributed by atoms with Crippen LogP contribution < -0.4 is 10.1 Å². The van der Waals surface area contributed by atoms with E-state index in [2.05, 4.69) is 10.3 Å². The Morgan fingerprint density at radius 2 is 1.67 bits per heavy atom. The molecule has 0 fully saturated rings. The molecule has 1 N–H and O–H groups in total. The molecule has 1 aromatic heterocycles. The zero-order valence-corrected chi connectivity index (χ0v) is 11.7. The standard InChI is InChI=1S/C13H9ClF4N2O/c1-5-3-7(8(21-2)4-6(5)14)19-11-9(15)12(17)20-13(18)10(11)16/h3-4H,1-2H3,(H,19,20). The van der Waals surface area contributed by atoms with Gasteiger partial charge in [0, 0.05) is 11.1 Å². The molecule has 0 aliphatic carbocycles. The number of nitrogens with zero attached hydrogens (tertiary/aromatic N) is 1. The third-order valence-corrected chi connectivity index (χ3v) is 3.15. The minimum absolute atomic E-state index is 0.0993. The second-order valence-corrected chi connectivity index (χ2v) is 4.53. The summed E-state index contributed by atoms with van der Waals surface area (Å²) in [5.41, 5.74) is -0.321. The van der Waals surface area contributed by atoms with Gasteiger partial charge in [0.15, 0.2) is 0 Å². The highest BCUT2D eigenvalue weighted by Gasteiger charge is 2.22. The number of hydrogen-bond acceptors (Lipinski definition) is 3. The van der Waals surface area contributed by atoms with Crippen molar-refractivity contribution in [1.29, 1.82) is 0 Å². The molecule has 0 bridgehead atoms. The molecule has 0 spiro atoms. The summed E-state index contributed by atoms with van der Waals surface area (Å²) in [6.07, 6.45) is 0. The van der Waals surface area contributed by atoms with Gasteiger partial charge in [-0.3, -0.25) is 0 Å². The first-order valence-electron chi connectivity index (χ1n) is 5.66. The Labute approximate surface area is 122 Å². The molecule has 0 aliphatic rings. The van der Waals surface area contributed by atoms with Crippen LogP contribution in [0.25, 0.3) is 0 Å². The lowest BCUT2D eigenvalue weighted by molar-refractivity contribution is 0.409. The van der Waals surface area contributed by atoms with Crippen molar-refractivity contribution in [3.8, 4) is 5.75 Å². The number of halogens is 5. The van der Waals surface area contributed by atoms with Gasteiger partial charge in [-0.15, -0.1) is 0 Å². The lowest BCUT2D eigenvalue weighted by Gasteiger charge is -2.14. The minimum Gasteiger partial charge on any atom is -0.495 e. The third-order valence-electron chi connectivity index (χ3n) is 2.74. The summed E-state index contributed by atoms with van der Waals surface area (Å²) in [5, 5.41) is 2.62. The van der Waals surface area contributed by atoms with Crippen LogP contribution in [0, 0.1) is 30.5 Å². The van der Waals surface area contributed by atoms with Gasteiger partial charge < -0.3 is 10.1 Å².